The molecule has 9 heteroatoms. The summed E-state index contributed by atoms with van der Waals surface area (Å²) >= 11 is 0. The highest BCUT2D eigenvalue weighted by Crippen LogP contribution is 2.30. The van der Waals surface area contributed by atoms with Crippen LogP contribution in [0.15, 0.2) is 108 Å². The topological polar surface area (TPSA) is 116 Å². The first kappa shape index (κ1) is 28.8. The Bertz CT molecular complexity index is 1430. The Morgan fingerprint density at radius 1 is 0.805 bits per heavy atom. The predicted molar refractivity (Wildman–Crippen MR) is 159 cm³/mol. The molecule has 41 heavy (non-hydrogen) atoms. The third-order valence-electron chi connectivity index (χ3n) is 6.11. The van der Waals surface area contributed by atoms with Crippen molar-refractivity contribution in [3.8, 4) is 23.0 Å². The summed E-state index contributed by atoms with van der Waals surface area (Å²) in [4.78, 5) is 17.1. The number of nitrogens with two attached hydrogens (primary N) is 1. The van der Waals surface area contributed by atoms with Crippen LogP contribution in [0.2, 0.25) is 0 Å². The molecule has 0 radical (unpaired) electrons. The molecule has 1 amide bonds. The van der Waals surface area contributed by atoms with Crippen molar-refractivity contribution in [2.75, 3.05) is 27.3 Å². The number of hydrogen-bond donors (Lipinski definition) is 3. The molecular weight excluding hydrogens is 520 g/mol. The maximum Gasteiger partial charge on any atom is 0.251 e. The molecule has 4 N–H and O–H groups in total. The zero-order valence-electron chi connectivity index (χ0n) is 23.1. The average Bonchev–Trinajstić information content (AvgIpc) is 3.00. The van der Waals surface area contributed by atoms with E-state index in [2.05, 4.69) is 15.6 Å². The average molecular weight is 555 g/mol. The van der Waals surface area contributed by atoms with E-state index in [4.69, 9.17) is 24.7 Å². The Balaban J connectivity index is 1.41. The van der Waals surface area contributed by atoms with Crippen LogP contribution in [0.1, 0.15) is 21.5 Å². The van der Waals surface area contributed by atoms with Crippen molar-refractivity contribution in [1.82, 2.24) is 10.6 Å². The quantitative estimate of drug-likeness (QED) is 0.266. The summed E-state index contributed by atoms with van der Waals surface area (Å²) in [5, 5.41) is 6.12. The van der Waals surface area contributed by atoms with Crippen LogP contribution in [0, 0.1) is 0 Å². The number of allylic oxidation sites excluding steroid dienone is 4. The van der Waals surface area contributed by atoms with Gasteiger partial charge in [0.25, 0.3) is 5.91 Å². The molecular formula is C32H34N4O5. The third-order valence-corrected chi connectivity index (χ3v) is 6.11. The lowest BCUT2D eigenvalue weighted by Crippen LogP contribution is -2.32. The van der Waals surface area contributed by atoms with Gasteiger partial charge in [-0.1, -0.05) is 30.3 Å². The third kappa shape index (κ3) is 8.66. The summed E-state index contributed by atoms with van der Waals surface area (Å²) in [7, 11) is 3.25. The summed E-state index contributed by atoms with van der Waals surface area (Å²) in [6.45, 7) is 1.46. The fraction of sp³-hybridized carbons (Fsp3) is 0.188. The zero-order chi connectivity index (χ0) is 28.9. The first-order valence-electron chi connectivity index (χ1n) is 13.1. The second kappa shape index (κ2) is 14.8. The second-order valence-corrected chi connectivity index (χ2v) is 8.97. The first-order chi connectivity index (χ1) is 20.1. The lowest BCUT2D eigenvalue weighted by atomic mass is 10.1. The molecule has 0 fully saturated rings. The van der Waals surface area contributed by atoms with E-state index in [-0.39, 0.29) is 5.91 Å². The lowest BCUT2D eigenvalue weighted by molar-refractivity contribution is 0.0953. The van der Waals surface area contributed by atoms with Gasteiger partial charge in [-0.3, -0.25) is 9.79 Å². The number of benzene rings is 3. The molecule has 212 valence electrons. The first-order valence-corrected chi connectivity index (χ1v) is 13.1. The number of carbonyl (C=O) groups excluding carboxylic acids is 1. The van der Waals surface area contributed by atoms with Gasteiger partial charge in [-0.25, -0.2) is 0 Å². The monoisotopic (exact) mass is 554 g/mol. The largest absolute Gasteiger partial charge is 0.497 e. The van der Waals surface area contributed by atoms with Crippen LogP contribution in [0.4, 0.5) is 0 Å². The van der Waals surface area contributed by atoms with Gasteiger partial charge in [-0.05, 0) is 65.7 Å². The molecule has 1 heterocycles. The van der Waals surface area contributed by atoms with E-state index >= 15 is 0 Å². The molecule has 0 aromatic heterocycles. The molecule has 4 rings (SSSR count). The smallest absolute Gasteiger partial charge is 0.251 e. The number of ether oxygens (including phenoxy) is 4. The summed E-state index contributed by atoms with van der Waals surface area (Å²) in [6.07, 6.45) is 8.71. The molecule has 0 spiro atoms. The van der Waals surface area contributed by atoms with E-state index in [9.17, 15) is 4.79 Å². The summed E-state index contributed by atoms with van der Waals surface area (Å²) < 4.78 is 22.7. The SMILES string of the molecule is COc1ccc(COc2ccc(C(=O)NCCNC3=C(N)/C=C/C=C/N=C3)cc2OCc2ccc(OC)cc2)cc1. The molecule has 0 aliphatic carbocycles. The van der Waals surface area contributed by atoms with Gasteiger partial charge < -0.3 is 35.3 Å². The van der Waals surface area contributed by atoms with E-state index in [1.165, 1.54) is 0 Å². The van der Waals surface area contributed by atoms with Gasteiger partial charge in [0, 0.05) is 24.9 Å². The van der Waals surface area contributed by atoms with Crippen LogP contribution in [0.3, 0.4) is 0 Å². The van der Waals surface area contributed by atoms with Gasteiger partial charge in [0.15, 0.2) is 11.5 Å². The van der Waals surface area contributed by atoms with Gasteiger partial charge in [0.1, 0.15) is 24.7 Å². The normalized spacial score (nSPS) is 13.9. The predicted octanol–water partition coefficient (Wildman–Crippen LogP) is 4.51. The highest BCUT2D eigenvalue weighted by molar-refractivity contribution is 5.94. The van der Waals surface area contributed by atoms with Crippen LogP contribution < -0.4 is 35.3 Å². The van der Waals surface area contributed by atoms with Crippen LogP contribution in [-0.2, 0) is 13.2 Å². The molecule has 1 aliphatic heterocycles. The molecule has 0 bridgehead atoms. The van der Waals surface area contributed by atoms with Crippen LogP contribution in [0.5, 0.6) is 23.0 Å². The Morgan fingerprint density at radius 3 is 2.07 bits per heavy atom. The van der Waals surface area contributed by atoms with Gasteiger partial charge in [-0.15, -0.1) is 0 Å². The Morgan fingerprint density at radius 2 is 1.44 bits per heavy atom. The van der Waals surface area contributed by atoms with Gasteiger partial charge in [-0.2, -0.15) is 0 Å². The minimum Gasteiger partial charge on any atom is -0.497 e. The Hall–Kier alpha value is -5.18. The molecule has 1 aliphatic rings. The zero-order valence-corrected chi connectivity index (χ0v) is 23.1. The highest BCUT2D eigenvalue weighted by atomic mass is 16.5. The van der Waals surface area contributed by atoms with Gasteiger partial charge in [0.2, 0.25) is 0 Å². The Kier molecular flexibility index (Phi) is 10.4. The number of aliphatic imine (C=N–C) groups is 1. The molecule has 9 nitrogen and oxygen atoms in total. The summed E-state index contributed by atoms with van der Waals surface area (Å²) in [5.74, 6) is 2.29. The van der Waals surface area contributed by atoms with E-state index < -0.39 is 0 Å². The van der Waals surface area contributed by atoms with Crippen molar-refractivity contribution >= 4 is 12.1 Å². The van der Waals surface area contributed by atoms with E-state index in [1.807, 2.05) is 54.6 Å². The molecule has 3 aromatic rings. The fourth-order valence-electron chi connectivity index (χ4n) is 3.81. The lowest BCUT2D eigenvalue weighted by Gasteiger charge is -2.15. The minimum absolute atomic E-state index is 0.237. The number of carbonyl (C=O) groups is 1. The van der Waals surface area contributed by atoms with Crippen molar-refractivity contribution in [1.29, 1.82) is 0 Å². The van der Waals surface area contributed by atoms with Crippen molar-refractivity contribution in [3.63, 3.8) is 0 Å². The van der Waals surface area contributed by atoms with Crippen molar-refractivity contribution in [2.24, 2.45) is 10.7 Å². The van der Waals surface area contributed by atoms with Crippen molar-refractivity contribution in [2.45, 2.75) is 13.2 Å². The highest BCUT2D eigenvalue weighted by Gasteiger charge is 2.13. The number of nitrogens with one attached hydrogen (secondary N) is 2. The fourth-order valence-corrected chi connectivity index (χ4v) is 3.81. The molecule has 0 atom stereocenters. The number of nitrogens with zero attached hydrogens (tertiary/aromatic N) is 1. The van der Waals surface area contributed by atoms with E-state index in [1.54, 1.807) is 57.0 Å². The minimum atomic E-state index is -0.237. The number of hydrogen-bond acceptors (Lipinski definition) is 8. The maximum absolute atomic E-state index is 13.0. The second-order valence-electron chi connectivity index (χ2n) is 8.97. The van der Waals surface area contributed by atoms with E-state index in [0.717, 1.165) is 22.6 Å². The van der Waals surface area contributed by atoms with Gasteiger partial charge in [0.05, 0.1) is 31.8 Å². The van der Waals surface area contributed by atoms with E-state index in [0.29, 0.717) is 54.8 Å². The summed E-state index contributed by atoms with van der Waals surface area (Å²) in [6, 6.07) is 20.4. The molecule has 3 aromatic carbocycles. The van der Waals surface area contributed by atoms with Crippen LogP contribution >= 0.6 is 0 Å². The Labute approximate surface area is 240 Å². The number of rotatable bonds is 13. The van der Waals surface area contributed by atoms with Crippen LogP contribution in [-0.4, -0.2) is 39.4 Å². The molecule has 0 saturated heterocycles. The van der Waals surface area contributed by atoms with Crippen molar-refractivity contribution < 1.29 is 23.7 Å². The maximum atomic E-state index is 13.0. The van der Waals surface area contributed by atoms with Crippen LogP contribution in [0.25, 0.3) is 0 Å². The summed E-state index contributed by atoms with van der Waals surface area (Å²) in [5.41, 5.74) is 9.67. The molecule has 0 saturated carbocycles. The molecule has 0 unspecified atom stereocenters. The van der Waals surface area contributed by atoms with Crippen molar-refractivity contribution in [3.05, 3.63) is 119 Å². The standard InChI is InChI=1S/C32H34N4O5/c1-38-26-11-6-23(7-12-26)21-40-30-15-10-25(19-31(30)41-22-24-8-13-27(39-2)14-9-24)32(37)36-18-17-35-29-20-34-16-4-3-5-28(29)33/h3-16,19-20,35H,17-18,21-22,33H2,1-2H3,(H,36,37)/b4-3?,5-3+,16-4+,28-5?,29-20?,29-28?,34-16?,34-20?. The number of amides is 1. The van der Waals surface area contributed by atoms with Gasteiger partial charge >= 0.3 is 0 Å². The number of methoxy groups -OCH3 is 2.